The smallest absolute Gasteiger partial charge is 0.349 e. The fourth-order valence-corrected chi connectivity index (χ4v) is 2.00. The first-order valence-corrected chi connectivity index (χ1v) is 6.67. The van der Waals surface area contributed by atoms with Gasteiger partial charge in [-0.2, -0.15) is 18.2 Å². The third-order valence-corrected chi connectivity index (χ3v) is 3.50. The van der Waals surface area contributed by atoms with Gasteiger partial charge in [-0.25, -0.2) is 0 Å². The molecule has 1 amide bonds. The van der Waals surface area contributed by atoms with Crippen molar-refractivity contribution in [3.63, 3.8) is 0 Å². The molecule has 0 spiro atoms. The number of carbonyl (C=O) groups excluding carboxylic acids is 1. The van der Waals surface area contributed by atoms with E-state index in [1.165, 1.54) is 24.3 Å². The molecule has 0 radical (unpaired) electrons. The summed E-state index contributed by atoms with van der Waals surface area (Å²) in [4.78, 5) is 15.2. The SMILES string of the molecule is CC1CC1NC(=O)c1ccc(-c2noc(C(F)(F)F)n2)cc1. The molecule has 0 aliphatic heterocycles. The molecule has 0 bridgehead atoms. The summed E-state index contributed by atoms with van der Waals surface area (Å²) in [5.41, 5.74) is 0.776. The van der Waals surface area contributed by atoms with Gasteiger partial charge in [0.1, 0.15) is 0 Å². The van der Waals surface area contributed by atoms with Crippen LogP contribution in [0, 0.1) is 5.92 Å². The molecule has 1 aliphatic carbocycles. The summed E-state index contributed by atoms with van der Waals surface area (Å²) >= 11 is 0. The van der Waals surface area contributed by atoms with Crippen LogP contribution in [0.5, 0.6) is 0 Å². The largest absolute Gasteiger partial charge is 0.471 e. The second-order valence-electron chi connectivity index (χ2n) is 5.29. The minimum atomic E-state index is -4.67. The minimum Gasteiger partial charge on any atom is -0.349 e. The number of hydrogen-bond acceptors (Lipinski definition) is 4. The van der Waals surface area contributed by atoms with Crippen molar-refractivity contribution in [3.8, 4) is 11.4 Å². The maximum absolute atomic E-state index is 12.4. The van der Waals surface area contributed by atoms with Crippen LogP contribution in [0.1, 0.15) is 29.6 Å². The van der Waals surface area contributed by atoms with Gasteiger partial charge in [-0.05, 0) is 24.5 Å². The van der Waals surface area contributed by atoms with Gasteiger partial charge in [0.05, 0.1) is 0 Å². The van der Waals surface area contributed by atoms with Crippen molar-refractivity contribution in [1.29, 1.82) is 0 Å². The quantitative estimate of drug-likeness (QED) is 0.946. The number of aromatic nitrogens is 2. The molecule has 1 heterocycles. The van der Waals surface area contributed by atoms with E-state index in [0.29, 0.717) is 17.0 Å². The lowest BCUT2D eigenvalue weighted by atomic mass is 10.1. The number of hydrogen-bond donors (Lipinski definition) is 1. The van der Waals surface area contributed by atoms with Crippen LogP contribution in [0.3, 0.4) is 0 Å². The van der Waals surface area contributed by atoms with Crippen molar-refractivity contribution in [2.45, 2.75) is 25.6 Å². The average Bonchev–Trinajstić information content (AvgIpc) is 2.96. The Hall–Kier alpha value is -2.38. The second-order valence-corrected chi connectivity index (χ2v) is 5.29. The number of alkyl halides is 3. The maximum atomic E-state index is 12.4. The number of halogens is 3. The Morgan fingerprint density at radius 2 is 1.95 bits per heavy atom. The molecule has 1 saturated carbocycles. The topological polar surface area (TPSA) is 68.0 Å². The molecule has 1 N–H and O–H groups in total. The standard InChI is InChI=1S/C14H12F3N3O2/c1-7-6-10(7)18-12(21)9-4-2-8(3-5-9)11-19-13(22-20-11)14(15,16)17/h2-5,7,10H,6H2,1H3,(H,18,21). The predicted molar refractivity (Wildman–Crippen MR) is 69.8 cm³/mol. The Morgan fingerprint density at radius 1 is 1.32 bits per heavy atom. The molecule has 116 valence electrons. The number of rotatable bonds is 3. The zero-order chi connectivity index (χ0) is 15.9. The first-order valence-electron chi connectivity index (χ1n) is 6.67. The van der Waals surface area contributed by atoms with Crippen LogP contribution in [-0.4, -0.2) is 22.1 Å². The van der Waals surface area contributed by atoms with Gasteiger partial charge in [0.15, 0.2) is 0 Å². The average molecular weight is 311 g/mol. The van der Waals surface area contributed by atoms with Gasteiger partial charge in [0.2, 0.25) is 5.82 Å². The van der Waals surface area contributed by atoms with Crippen LogP contribution in [-0.2, 0) is 6.18 Å². The summed E-state index contributed by atoms with van der Waals surface area (Å²) < 4.78 is 41.4. The van der Waals surface area contributed by atoms with E-state index >= 15 is 0 Å². The molecular weight excluding hydrogens is 299 g/mol. The van der Waals surface area contributed by atoms with Gasteiger partial charge in [0, 0.05) is 17.2 Å². The van der Waals surface area contributed by atoms with Crippen molar-refractivity contribution in [1.82, 2.24) is 15.5 Å². The molecular formula is C14H12F3N3O2. The van der Waals surface area contributed by atoms with E-state index in [1.807, 2.05) is 6.92 Å². The van der Waals surface area contributed by atoms with Crippen molar-refractivity contribution in [2.75, 3.05) is 0 Å². The van der Waals surface area contributed by atoms with Crippen molar-refractivity contribution in [2.24, 2.45) is 5.92 Å². The Balaban J connectivity index is 1.73. The van der Waals surface area contributed by atoms with E-state index in [2.05, 4.69) is 20.0 Å². The Bertz CT molecular complexity index is 694. The first kappa shape index (κ1) is 14.6. The van der Waals surface area contributed by atoms with E-state index in [0.717, 1.165) is 6.42 Å². The highest BCUT2D eigenvalue weighted by Gasteiger charge is 2.38. The molecule has 2 unspecified atom stereocenters. The Labute approximate surface area is 123 Å². The summed E-state index contributed by atoms with van der Waals surface area (Å²) in [6, 6.07) is 6.20. The van der Waals surface area contributed by atoms with Crippen LogP contribution in [0.2, 0.25) is 0 Å². The van der Waals surface area contributed by atoms with Gasteiger partial charge < -0.3 is 9.84 Å². The highest BCUT2D eigenvalue weighted by molar-refractivity contribution is 5.95. The molecule has 3 rings (SSSR count). The number of nitrogens with one attached hydrogen (secondary N) is 1. The molecule has 2 aromatic rings. The summed E-state index contributed by atoms with van der Waals surface area (Å²) in [5.74, 6) is -1.28. The van der Waals surface area contributed by atoms with E-state index in [1.54, 1.807) is 0 Å². The van der Waals surface area contributed by atoms with E-state index in [-0.39, 0.29) is 17.8 Å². The van der Waals surface area contributed by atoms with Crippen LogP contribution in [0.15, 0.2) is 28.8 Å². The zero-order valence-electron chi connectivity index (χ0n) is 11.5. The summed E-state index contributed by atoms with van der Waals surface area (Å²) in [6.07, 6.45) is -3.71. The number of carbonyl (C=O) groups is 1. The first-order chi connectivity index (χ1) is 10.3. The predicted octanol–water partition coefficient (Wildman–Crippen LogP) is 2.89. The zero-order valence-corrected chi connectivity index (χ0v) is 11.5. The Kier molecular flexibility index (Phi) is 3.38. The fraction of sp³-hybridized carbons (Fsp3) is 0.357. The van der Waals surface area contributed by atoms with E-state index < -0.39 is 12.1 Å². The highest BCUT2D eigenvalue weighted by Crippen LogP contribution is 2.30. The molecule has 5 nitrogen and oxygen atoms in total. The van der Waals surface area contributed by atoms with Gasteiger partial charge in [-0.15, -0.1) is 0 Å². The van der Waals surface area contributed by atoms with Crippen LogP contribution in [0.4, 0.5) is 13.2 Å². The lowest BCUT2D eigenvalue weighted by Gasteiger charge is -2.04. The molecule has 8 heteroatoms. The van der Waals surface area contributed by atoms with Crippen molar-refractivity contribution < 1.29 is 22.5 Å². The number of amides is 1. The lowest BCUT2D eigenvalue weighted by molar-refractivity contribution is -0.159. The molecule has 1 aromatic heterocycles. The Morgan fingerprint density at radius 3 is 2.45 bits per heavy atom. The maximum Gasteiger partial charge on any atom is 0.471 e. The monoisotopic (exact) mass is 311 g/mol. The van der Waals surface area contributed by atoms with Gasteiger partial charge >= 0.3 is 12.1 Å². The summed E-state index contributed by atoms with van der Waals surface area (Å²) in [7, 11) is 0. The van der Waals surface area contributed by atoms with Crippen LogP contribution in [0.25, 0.3) is 11.4 Å². The number of benzene rings is 1. The van der Waals surface area contributed by atoms with E-state index in [9.17, 15) is 18.0 Å². The molecule has 0 saturated heterocycles. The third-order valence-electron chi connectivity index (χ3n) is 3.50. The highest BCUT2D eigenvalue weighted by atomic mass is 19.4. The molecule has 1 aliphatic rings. The molecule has 1 fully saturated rings. The second kappa shape index (κ2) is 5.11. The fourth-order valence-electron chi connectivity index (χ4n) is 2.00. The summed E-state index contributed by atoms with van der Waals surface area (Å²) in [5, 5.41) is 6.15. The molecule has 22 heavy (non-hydrogen) atoms. The van der Waals surface area contributed by atoms with E-state index in [4.69, 9.17) is 0 Å². The van der Waals surface area contributed by atoms with Gasteiger partial charge in [0.25, 0.3) is 5.91 Å². The molecule has 2 atom stereocenters. The van der Waals surface area contributed by atoms with Crippen molar-refractivity contribution in [3.05, 3.63) is 35.7 Å². The minimum absolute atomic E-state index is 0.171. The van der Waals surface area contributed by atoms with Crippen LogP contribution >= 0.6 is 0 Å². The summed E-state index contributed by atoms with van der Waals surface area (Å²) in [6.45, 7) is 2.04. The molecule has 1 aromatic carbocycles. The number of nitrogens with zero attached hydrogens (tertiary/aromatic N) is 2. The lowest BCUT2D eigenvalue weighted by Crippen LogP contribution is -2.26. The van der Waals surface area contributed by atoms with Gasteiger partial charge in [-0.3, -0.25) is 4.79 Å². The van der Waals surface area contributed by atoms with Crippen LogP contribution < -0.4 is 5.32 Å². The normalized spacial score (nSPS) is 20.7. The van der Waals surface area contributed by atoms with Crippen molar-refractivity contribution >= 4 is 5.91 Å². The third kappa shape index (κ3) is 2.95. The van der Waals surface area contributed by atoms with Gasteiger partial charge in [-0.1, -0.05) is 24.2 Å².